The Kier molecular flexibility index (Phi) is 6.54. The zero-order chi connectivity index (χ0) is 19.9. The van der Waals surface area contributed by atoms with Crippen molar-refractivity contribution in [1.82, 2.24) is 14.8 Å². The highest BCUT2D eigenvalue weighted by Crippen LogP contribution is 2.26. The first-order valence-corrected chi connectivity index (χ1v) is 10.1. The van der Waals surface area contributed by atoms with Gasteiger partial charge < -0.3 is 4.74 Å². The number of carbonyl (C=O) groups is 1. The molecule has 1 aromatic carbocycles. The molecule has 0 radical (unpaired) electrons. The standard InChI is InChI=1S/C20H22N4O3S/c1-3-5-12-24-18(25)11-10-16(23-24)19(26)22-20-21-17(13-28-20)14-6-8-15(9-7-14)27-4-2/h6-11,13H,3-5,12H2,1-2H3,(H,21,22,26). The molecule has 0 unspecified atom stereocenters. The lowest BCUT2D eigenvalue weighted by atomic mass is 10.2. The van der Waals surface area contributed by atoms with Crippen LogP contribution in [0.5, 0.6) is 5.75 Å². The van der Waals surface area contributed by atoms with Crippen LogP contribution in [0.4, 0.5) is 5.13 Å². The Balaban J connectivity index is 1.71. The highest BCUT2D eigenvalue weighted by molar-refractivity contribution is 7.14. The highest BCUT2D eigenvalue weighted by Gasteiger charge is 2.13. The first kappa shape index (κ1) is 19.8. The second-order valence-electron chi connectivity index (χ2n) is 6.08. The lowest BCUT2D eigenvalue weighted by molar-refractivity contribution is 0.101. The third-order valence-electron chi connectivity index (χ3n) is 4.01. The maximum atomic E-state index is 12.5. The quantitative estimate of drug-likeness (QED) is 0.623. The smallest absolute Gasteiger partial charge is 0.277 e. The average Bonchev–Trinajstić information content (AvgIpc) is 3.16. The summed E-state index contributed by atoms with van der Waals surface area (Å²) < 4.78 is 6.77. The molecule has 3 aromatic rings. The third-order valence-corrected chi connectivity index (χ3v) is 4.77. The van der Waals surface area contributed by atoms with Crippen LogP contribution in [0.2, 0.25) is 0 Å². The molecule has 1 N–H and O–H groups in total. The van der Waals surface area contributed by atoms with E-state index in [0.717, 1.165) is 29.8 Å². The number of rotatable bonds is 8. The van der Waals surface area contributed by atoms with E-state index in [9.17, 15) is 9.59 Å². The van der Waals surface area contributed by atoms with Gasteiger partial charge >= 0.3 is 0 Å². The molecule has 3 rings (SSSR count). The van der Waals surface area contributed by atoms with Crippen molar-refractivity contribution >= 4 is 22.4 Å². The average molecular weight is 398 g/mol. The van der Waals surface area contributed by atoms with Gasteiger partial charge in [-0.1, -0.05) is 13.3 Å². The van der Waals surface area contributed by atoms with Gasteiger partial charge in [-0.15, -0.1) is 11.3 Å². The lowest BCUT2D eigenvalue weighted by Crippen LogP contribution is -2.26. The number of carbonyl (C=O) groups excluding carboxylic acids is 1. The second kappa shape index (κ2) is 9.27. The second-order valence-corrected chi connectivity index (χ2v) is 6.94. The Hall–Kier alpha value is -3.00. The summed E-state index contributed by atoms with van der Waals surface area (Å²) in [5.74, 6) is 0.414. The predicted octanol–water partition coefficient (Wildman–Crippen LogP) is 3.82. The number of ether oxygens (including phenoxy) is 1. The SMILES string of the molecule is CCCCn1nc(C(=O)Nc2nc(-c3ccc(OCC)cc3)cs2)ccc1=O. The minimum Gasteiger partial charge on any atom is -0.494 e. The van der Waals surface area contributed by atoms with E-state index in [1.165, 1.54) is 28.2 Å². The van der Waals surface area contributed by atoms with Crippen molar-refractivity contribution in [3.8, 4) is 17.0 Å². The minimum atomic E-state index is -0.391. The van der Waals surface area contributed by atoms with Crippen LogP contribution in [-0.2, 0) is 6.54 Å². The van der Waals surface area contributed by atoms with Gasteiger partial charge in [0.15, 0.2) is 5.13 Å². The van der Waals surface area contributed by atoms with Crippen LogP contribution >= 0.6 is 11.3 Å². The van der Waals surface area contributed by atoms with Crippen molar-refractivity contribution in [3.05, 3.63) is 57.8 Å². The Bertz CT molecular complexity index is 995. The first-order chi connectivity index (χ1) is 13.6. The van der Waals surface area contributed by atoms with E-state index >= 15 is 0 Å². The van der Waals surface area contributed by atoms with Crippen LogP contribution in [0, 0.1) is 0 Å². The van der Waals surface area contributed by atoms with Crippen LogP contribution in [-0.4, -0.2) is 27.3 Å². The van der Waals surface area contributed by atoms with Gasteiger partial charge in [0, 0.05) is 23.6 Å². The maximum absolute atomic E-state index is 12.5. The molecule has 2 heterocycles. The summed E-state index contributed by atoms with van der Waals surface area (Å²) in [5, 5.41) is 9.25. The molecular weight excluding hydrogens is 376 g/mol. The van der Waals surface area contributed by atoms with Gasteiger partial charge in [-0.25, -0.2) is 9.67 Å². The molecule has 0 bridgehead atoms. The summed E-state index contributed by atoms with van der Waals surface area (Å²) in [6.07, 6.45) is 1.77. The largest absolute Gasteiger partial charge is 0.494 e. The summed E-state index contributed by atoms with van der Waals surface area (Å²) in [4.78, 5) is 28.8. The van der Waals surface area contributed by atoms with Gasteiger partial charge in [0.25, 0.3) is 11.5 Å². The first-order valence-electron chi connectivity index (χ1n) is 9.19. The number of benzene rings is 1. The molecule has 0 aliphatic carbocycles. The molecule has 146 valence electrons. The number of amides is 1. The van der Waals surface area contributed by atoms with Crippen molar-refractivity contribution in [2.75, 3.05) is 11.9 Å². The summed E-state index contributed by atoms with van der Waals surface area (Å²) in [6.45, 7) is 5.08. The zero-order valence-corrected chi connectivity index (χ0v) is 16.7. The van der Waals surface area contributed by atoms with E-state index in [-0.39, 0.29) is 11.3 Å². The van der Waals surface area contributed by atoms with Crippen molar-refractivity contribution in [3.63, 3.8) is 0 Å². The van der Waals surface area contributed by atoms with Crippen molar-refractivity contribution in [2.45, 2.75) is 33.2 Å². The molecule has 0 aliphatic heterocycles. The van der Waals surface area contributed by atoms with Gasteiger partial charge in [-0.05, 0) is 43.7 Å². The number of thiazole rings is 1. The van der Waals surface area contributed by atoms with Crippen LogP contribution in [0.3, 0.4) is 0 Å². The van der Waals surface area contributed by atoms with Gasteiger partial charge in [0.2, 0.25) is 0 Å². The molecule has 8 heteroatoms. The highest BCUT2D eigenvalue weighted by atomic mass is 32.1. The van der Waals surface area contributed by atoms with Crippen molar-refractivity contribution in [1.29, 1.82) is 0 Å². The number of nitrogens with zero attached hydrogens (tertiary/aromatic N) is 3. The summed E-state index contributed by atoms with van der Waals surface area (Å²) in [5.41, 5.74) is 1.68. The van der Waals surface area contributed by atoms with E-state index in [4.69, 9.17) is 4.74 Å². The minimum absolute atomic E-state index is 0.188. The molecule has 0 saturated carbocycles. The van der Waals surface area contributed by atoms with Crippen molar-refractivity contribution in [2.24, 2.45) is 0 Å². The molecule has 0 spiro atoms. The lowest BCUT2D eigenvalue weighted by Gasteiger charge is -2.06. The molecular formula is C20H22N4O3S. The number of anilines is 1. The van der Waals surface area contributed by atoms with Crippen LogP contribution in [0.1, 0.15) is 37.2 Å². The van der Waals surface area contributed by atoms with Gasteiger partial charge in [0.05, 0.1) is 12.3 Å². The van der Waals surface area contributed by atoms with E-state index in [0.29, 0.717) is 18.3 Å². The maximum Gasteiger partial charge on any atom is 0.277 e. The Morgan fingerprint density at radius 1 is 1.18 bits per heavy atom. The fourth-order valence-corrected chi connectivity index (χ4v) is 3.27. The van der Waals surface area contributed by atoms with E-state index in [2.05, 4.69) is 15.4 Å². The number of hydrogen-bond donors (Lipinski definition) is 1. The number of aryl methyl sites for hydroxylation is 1. The Morgan fingerprint density at radius 3 is 2.68 bits per heavy atom. The molecule has 0 atom stereocenters. The van der Waals surface area contributed by atoms with E-state index in [1.54, 1.807) is 0 Å². The molecule has 28 heavy (non-hydrogen) atoms. The van der Waals surface area contributed by atoms with Crippen molar-refractivity contribution < 1.29 is 9.53 Å². The molecule has 7 nitrogen and oxygen atoms in total. The van der Waals surface area contributed by atoms with Crippen LogP contribution < -0.4 is 15.6 Å². The number of unbranched alkanes of at least 4 members (excludes halogenated alkanes) is 1. The van der Waals surface area contributed by atoms with Crippen LogP contribution in [0.25, 0.3) is 11.3 Å². The normalized spacial score (nSPS) is 10.6. The van der Waals surface area contributed by atoms with E-state index < -0.39 is 5.91 Å². The molecule has 2 aromatic heterocycles. The van der Waals surface area contributed by atoms with Gasteiger partial charge in [-0.2, -0.15) is 5.10 Å². The Morgan fingerprint density at radius 2 is 1.96 bits per heavy atom. The van der Waals surface area contributed by atoms with Crippen LogP contribution in [0.15, 0.2) is 46.6 Å². The predicted molar refractivity (Wildman–Crippen MR) is 110 cm³/mol. The topological polar surface area (TPSA) is 86.1 Å². The van der Waals surface area contributed by atoms with Gasteiger partial charge in [0.1, 0.15) is 11.4 Å². The molecule has 0 aliphatic rings. The molecule has 1 amide bonds. The fourth-order valence-electron chi connectivity index (χ4n) is 2.55. The van der Waals surface area contributed by atoms with E-state index in [1.807, 2.05) is 43.5 Å². The summed E-state index contributed by atoms with van der Waals surface area (Å²) in [6, 6.07) is 10.4. The third kappa shape index (κ3) is 4.83. The number of nitrogens with one attached hydrogen (secondary N) is 1. The summed E-state index contributed by atoms with van der Waals surface area (Å²) >= 11 is 1.33. The molecule has 0 saturated heterocycles. The zero-order valence-electron chi connectivity index (χ0n) is 15.8. The Labute approximate surface area is 167 Å². The molecule has 0 fully saturated rings. The monoisotopic (exact) mass is 398 g/mol. The number of hydrogen-bond acceptors (Lipinski definition) is 6. The van der Waals surface area contributed by atoms with Gasteiger partial charge in [-0.3, -0.25) is 14.9 Å². The fraction of sp³-hybridized carbons (Fsp3) is 0.300. The summed E-state index contributed by atoms with van der Waals surface area (Å²) in [7, 11) is 0. The number of aromatic nitrogens is 3.